The number of thioether (sulfide) groups is 1. The van der Waals surface area contributed by atoms with Gasteiger partial charge in [-0.05, 0) is 59.4 Å². The van der Waals surface area contributed by atoms with E-state index in [1.54, 1.807) is 0 Å². The molecule has 110 valence electrons. The van der Waals surface area contributed by atoms with Crippen LogP contribution in [0.25, 0.3) is 0 Å². The van der Waals surface area contributed by atoms with Crippen LogP contribution in [0.4, 0.5) is 0 Å². The average molecular weight is 298 g/mol. The molecule has 1 atom stereocenters. The fourth-order valence-corrected chi connectivity index (χ4v) is 3.71. The van der Waals surface area contributed by atoms with Gasteiger partial charge in [-0.25, -0.2) is 0 Å². The number of rotatable bonds is 5. The third-order valence-electron chi connectivity index (χ3n) is 4.17. The maximum atomic E-state index is 10.4. The Hall–Kier alpha value is -1.25. The molecule has 0 heterocycles. The number of hydrogen-bond acceptors (Lipinski definition) is 2. The van der Waals surface area contributed by atoms with Gasteiger partial charge >= 0.3 is 0 Å². The molecule has 3 rings (SSSR count). The van der Waals surface area contributed by atoms with Crippen molar-refractivity contribution in [3.8, 4) is 0 Å². The summed E-state index contributed by atoms with van der Waals surface area (Å²) in [6.07, 6.45) is 3.98. The summed E-state index contributed by atoms with van der Waals surface area (Å²) in [7, 11) is 0. The van der Waals surface area contributed by atoms with Crippen molar-refractivity contribution < 1.29 is 5.11 Å². The van der Waals surface area contributed by atoms with Crippen molar-refractivity contribution in [2.45, 2.75) is 43.6 Å². The summed E-state index contributed by atoms with van der Waals surface area (Å²) in [5.74, 6) is 1.08. The number of aryl methyl sites for hydroxylation is 2. The molecule has 2 heteroatoms. The van der Waals surface area contributed by atoms with Crippen molar-refractivity contribution in [3.05, 3.63) is 64.7 Å². The molecule has 0 aliphatic heterocycles. The summed E-state index contributed by atoms with van der Waals surface area (Å²) >= 11 is 1.83. The minimum absolute atomic E-state index is 0.412. The first-order chi connectivity index (χ1) is 10.3. The molecule has 0 saturated carbocycles. The molecule has 0 fully saturated rings. The topological polar surface area (TPSA) is 20.2 Å². The van der Waals surface area contributed by atoms with Gasteiger partial charge in [0.2, 0.25) is 0 Å². The van der Waals surface area contributed by atoms with E-state index in [9.17, 15) is 5.11 Å². The van der Waals surface area contributed by atoms with Crippen LogP contribution >= 0.6 is 11.8 Å². The standard InChI is InChI=1S/C19H22OS/c1-2-21-18-10-8-16(9-11-18)19(20)13-14-6-7-15-4-3-5-17(15)12-14/h6-12,19-20H,2-5,13H2,1H3. The summed E-state index contributed by atoms with van der Waals surface area (Å²) in [6.45, 7) is 2.15. The molecule has 0 radical (unpaired) electrons. The van der Waals surface area contributed by atoms with Gasteiger partial charge in [-0.3, -0.25) is 0 Å². The lowest BCUT2D eigenvalue weighted by Crippen LogP contribution is -2.02. The first-order valence-electron chi connectivity index (χ1n) is 7.78. The van der Waals surface area contributed by atoms with E-state index in [1.807, 2.05) is 11.8 Å². The van der Waals surface area contributed by atoms with E-state index >= 15 is 0 Å². The zero-order valence-electron chi connectivity index (χ0n) is 12.5. The van der Waals surface area contributed by atoms with Crippen LogP contribution in [0, 0.1) is 0 Å². The van der Waals surface area contributed by atoms with Crippen LogP contribution in [0.3, 0.4) is 0 Å². The molecule has 21 heavy (non-hydrogen) atoms. The summed E-state index contributed by atoms with van der Waals surface area (Å²) < 4.78 is 0. The van der Waals surface area contributed by atoms with Gasteiger partial charge in [0.25, 0.3) is 0 Å². The molecule has 1 unspecified atom stereocenters. The Morgan fingerprint density at radius 2 is 1.81 bits per heavy atom. The van der Waals surface area contributed by atoms with Gasteiger partial charge in [0.15, 0.2) is 0 Å². The molecule has 2 aromatic rings. The Bertz CT molecular complexity index is 603. The smallest absolute Gasteiger partial charge is 0.0830 e. The van der Waals surface area contributed by atoms with E-state index in [-0.39, 0.29) is 0 Å². The van der Waals surface area contributed by atoms with Crippen molar-refractivity contribution in [2.24, 2.45) is 0 Å². The Labute approximate surface area is 131 Å². The first-order valence-corrected chi connectivity index (χ1v) is 8.76. The van der Waals surface area contributed by atoms with Crippen LogP contribution in [-0.4, -0.2) is 10.9 Å². The zero-order valence-corrected chi connectivity index (χ0v) is 13.3. The predicted molar refractivity (Wildman–Crippen MR) is 90.0 cm³/mol. The van der Waals surface area contributed by atoms with Crippen molar-refractivity contribution >= 4 is 11.8 Å². The van der Waals surface area contributed by atoms with Crippen molar-refractivity contribution in [1.29, 1.82) is 0 Å². The van der Waals surface area contributed by atoms with Gasteiger partial charge in [0, 0.05) is 11.3 Å². The SMILES string of the molecule is CCSc1ccc(C(O)Cc2ccc3c(c2)CCC3)cc1. The van der Waals surface area contributed by atoms with Crippen LogP contribution in [0.2, 0.25) is 0 Å². The molecule has 0 saturated heterocycles. The van der Waals surface area contributed by atoms with Crippen molar-refractivity contribution in [1.82, 2.24) is 0 Å². The van der Waals surface area contributed by atoms with Crippen LogP contribution in [-0.2, 0) is 19.3 Å². The monoisotopic (exact) mass is 298 g/mol. The number of hydrogen-bond donors (Lipinski definition) is 1. The van der Waals surface area contributed by atoms with Gasteiger partial charge in [-0.2, -0.15) is 0 Å². The van der Waals surface area contributed by atoms with Crippen molar-refractivity contribution in [2.75, 3.05) is 5.75 Å². The third-order valence-corrected chi connectivity index (χ3v) is 5.06. The predicted octanol–water partition coefficient (Wildman–Crippen LogP) is 4.56. The number of aliphatic hydroxyl groups is 1. The van der Waals surface area contributed by atoms with Gasteiger partial charge in [0.1, 0.15) is 0 Å². The highest BCUT2D eigenvalue weighted by Gasteiger charge is 2.13. The summed E-state index contributed by atoms with van der Waals surface area (Å²) in [5.41, 5.74) is 5.23. The van der Waals surface area contributed by atoms with Crippen LogP contribution in [0.1, 0.15) is 41.7 Å². The molecule has 1 aliphatic carbocycles. The molecular weight excluding hydrogens is 276 g/mol. The van der Waals surface area contributed by atoms with E-state index in [2.05, 4.69) is 49.4 Å². The molecule has 1 N–H and O–H groups in total. The zero-order chi connectivity index (χ0) is 14.7. The fraction of sp³-hybridized carbons (Fsp3) is 0.368. The molecule has 0 amide bonds. The highest BCUT2D eigenvalue weighted by atomic mass is 32.2. The molecule has 1 nitrogen and oxygen atoms in total. The minimum Gasteiger partial charge on any atom is -0.388 e. The Balaban J connectivity index is 1.69. The number of benzene rings is 2. The van der Waals surface area contributed by atoms with E-state index < -0.39 is 6.10 Å². The fourth-order valence-electron chi connectivity index (χ4n) is 3.05. The Kier molecular flexibility index (Phi) is 4.67. The van der Waals surface area contributed by atoms with E-state index in [0.717, 1.165) is 11.3 Å². The molecule has 0 aromatic heterocycles. The second kappa shape index (κ2) is 6.67. The molecular formula is C19H22OS. The van der Waals surface area contributed by atoms with E-state index in [4.69, 9.17) is 0 Å². The summed E-state index contributed by atoms with van der Waals surface area (Å²) in [6, 6.07) is 15.0. The highest BCUT2D eigenvalue weighted by Crippen LogP contribution is 2.26. The molecule has 1 aliphatic rings. The lowest BCUT2D eigenvalue weighted by molar-refractivity contribution is 0.178. The van der Waals surface area contributed by atoms with Gasteiger partial charge in [-0.15, -0.1) is 11.8 Å². The van der Waals surface area contributed by atoms with Crippen molar-refractivity contribution in [3.63, 3.8) is 0 Å². The maximum absolute atomic E-state index is 10.4. The minimum atomic E-state index is -0.412. The number of fused-ring (bicyclic) bond motifs is 1. The van der Waals surface area contributed by atoms with E-state index in [1.165, 1.54) is 40.8 Å². The molecule has 2 aromatic carbocycles. The van der Waals surface area contributed by atoms with Gasteiger partial charge < -0.3 is 5.11 Å². The molecule has 0 spiro atoms. The second-order valence-corrected chi connectivity index (χ2v) is 7.02. The second-order valence-electron chi connectivity index (χ2n) is 5.68. The van der Waals surface area contributed by atoms with Gasteiger partial charge in [-0.1, -0.05) is 37.3 Å². The Morgan fingerprint density at radius 1 is 1.05 bits per heavy atom. The number of aliphatic hydroxyl groups excluding tert-OH is 1. The van der Waals surface area contributed by atoms with Crippen LogP contribution in [0.15, 0.2) is 47.4 Å². The van der Waals surface area contributed by atoms with Crippen LogP contribution < -0.4 is 0 Å². The van der Waals surface area contributed by atoms with E-state index in [0.29, 0.717) is 6.42 Å². The quantitative estimate of drug-likeness (QED) is 0.816. The molecule has 0 bridgehead atoms. The largest absolute Gasteiger partial charge is 0.388 e. The summed E-state index contributed by atoms with van der Waals surface area (Å²) in [5, 5.41) is 10.4. The first kappa shape index (κ1) is 14.7. The lowest BCUT2D eigenvalue weighted by Gasteiger charge is -2.13. The highest BCUT2D eigenvalue weighted by molar-refractivity contribution is 7.99. The lowest BCUT2D eigenvalue weighted by atomic mass is 9.98. The Morgan fingerprint density at radius 3 is 2.57 bits per heavy atom. The average Bonchev–Trinajstić information content (AvgIpc) is 2.96. The van der Waals surface area contributed by atoms with Gasteiger partial charge in [0.05, 0.1) is 6.10 Å². The normalized spacial score (nSPS) is 15.0. The summed E-state index contributed by atoms with van der Waals surface area (Å²) in [4.78, 5) is 1.27. The maximum Gasteiger partial charge on any atom is 0.0830 e. The third kappa shape index (κ3) is 3.50. The van der Waals surface area contributed by atoms with Crippen LogP contribution in [0.5, 0.6) is 0 Å².